The molecule has 0 aromatic heterocycles. The number of hydrogen-bond donors (Lipinski definition) is 0. The maximum atomic E-state index is 13.5. The summed E-state index contributed by atoms with van der Waals surface area (Å²) in [6.45, 7) is 8.89. The Bertz CT molecular complexity index is 827. The van der Waals surface area contributed by atoms with E-state index in [1.54, 1.807) is 0 Å². The lowest BCUT2D eigenvalue weighted by molar-refractivity contribution is -0.120. The molecular formula is C29H38O. The van der Waals surface area contributed by atoms with Crippen LogP contribution in [-0.2, 0) is 4.79 Å². The number of ketones is 1. The molecule has 2 aromatic carbocycles. The van der Waals surface area contributed by atoms with Gasteiger partial charge in [-0.25, -0.2) is 0 Å². The van der Waals surface area contributed by atoms with E-state index >= 15 is 0 Å². The average Bonchev–Trinajstić information content (AvgIpc) is 2.62. The Morgan fingerprint density at radius 2 is 1.13 bits per heavy atom. The molecule has 0 spiro atoms. The van der Waals surface area contributed by atoms with Crippen LogP contribution >= 0.6 is 0 Å². The van der Waals surface area contributed by atoms with Crippen LogP contribution in [-0.4, -0.2) is 5.78 Å². The van der Waals surface area contributed by atoms with Crippen LogP contribution in [0, 0.1) is 39.5 Å². The van der Waals surface area contributed by atoms with E-state index in [1.807, 2.05) is 0 Å². The molecule has 0 N–H and O–H groups in total. The summed E-state index contributed by atoms with van der Waals surface area (Å²) >= 11 is 0. The molecule has 2 aliphatic rings. The monoisotopic (exact) mass is 402 g/mol. The molecule has 2 saturated carbocycles. The van der Waals surface area contributed by atoms with Gasteiger partial charge in [-0.05, 0) is 110 Å². The minimum Gasteiger partial charge on any atom is -0.300 e. The quantitative estimate of drug-likeness (QED) is 0.441. The van der Waals surface area contributed by atoms with Crippen LogP contribution < -0.4 is 0 Å². The van der Waals surface area contributed by atoms with Gasteiger partial charge in [0.2, 0.25) is 0 Å². The molecule has 0 radical (unpaired) electrons. The summed E-state index contributed by atoms with van der Waals surface area (Å²) in [5, 5.41) is 0. The number of carbonyl (C=O) groups excluding carboxylic acids is 1. The number of benzene rings is 2. The third-order valence-electron chi connectivity index (χ3n) is 8.42. The Morgan fingerprint density at radius 3 is 1.47 bits per heavy atom. The fraction of sp³-hybridized carbons (Fsp3) is 0.552. The van der Waals surface area contributed by atoms with Crippen molar-refractivity contribution >= 4 is 5.78 Å². The van der Waals surface area contributed by atoms with E-state index in [4.69, 9.17) is 0 Å². The summed E-state index contributed by atoms with van der Waals surface area (Å²) in [5.74, 6) is 2.68. The fourth-order valence-electron chi connectivity index (χ4n) is 5.67. The van der Waals surface area contributed by atoms with Crippen LogP contribution in [0.3, 0.4) is 0 Å². The molecule has 1 nitrogen and oxygen atoms in total. The molecule has 0 bridgehead atoms. The minimum atomic E-state index is 0.409. The van der Waals surface area contributed by atoms with Gasteiger partial charge in [-0.15, -0.1) is 0 Å². The molecule has 2 aliphatic carbocycles. The molecule has 0 saturated heterocycles. The highest BCUT2D eigenvalue weighted by Crippen LogP contribution is 2.46. The highest BCUT2D eigenvalue weighted by Gasteiger charge is 2.34. The Hall–Kier alpha value is -1.89. The Morgan fingerprint density at radius 1 is 0.733 bits per heavy atom. The standard InChI is InChI=1S/C29H38O/c1-19-9-5-15-26(21(19)3)28(23-11-7-12-23)17-25(30)18-29(24-13-8-14-24)27-16-6-10-20(2)22(27)4/h5-6,9-10,15-16,23-24,28-29H,7-8,11-14,17-18H2,1-4H3. The maximum Gasteiger partial charge on any atom is 0.134 e. The summed E-state index contributed by atoms with van der Waals surface area (Å²) in [6, 6.07) is 13.3. The zero-order valence-electron chi connectivity index (χ0n) is 19.3. The lowest BCUT2D eigenvalue weighted by Crippen LogP contribution is -2.27. The number of hydrogen-bond acceptors (Lipinski definition) is 1. The van der Waals surface area contributed by atoms with Crippen LogP contribution in [0.15, 0.2) is 36.4 Å². The predicted octanol–water partition coefficient (Wildman–Crippen LogP) is 7.74. The van der Waals surface area contributed by atoms with Gasteiger partial charge in [0.15, 0.2) is 0 Å². The topological polar surface area (TPSA) is 17.1 Å². The van der Waals surface area contributed by atoms with Gasteiger partial charge in [0, 0.05) is 12.8 Å². The second-order valence-electron chi connectivity index (χ2n) is 10.1. The zero-order chi connectivity index (χ0) is 21.3. The summed E-state index contributed by atoms with van der Waals surface area (Å²) < 4.78 is 0. The molecule has 2 unspecified atom stereocenters. The molecule has 30 heavy (non-hydrogen) atoms. The normalized spacial score (nSPS) is 19.1. The van der Waals surface area contributed by atoms with Crippen molar-refractivity contribution in [2.45, 2.75) is 90.9 Å². The molecule has 4 rings (SSSR count). The third kappa shape index (κ3) is 4.27. The molecule has 2 atom stereocenters. The van der Waals surface area contributed by atoms with Gasteiger partial charge in [0.25, 0.3) is 0 Å². The first-order valence-electron chi connectivity index (χ1n) is 12.1. The van der Waals surface area contributed by atoms with Gasteiger partial charge < -0.3 is 0 Å². The van der Waals surface area contributed by atoms with Crippen LogP contribution in [0.25, 0.3) is 0 Å². The molecule has 2 fully saturated rings. The molecule has 0 amide bonds. The SMILES string of the molecule is Cc1cccc(C(CC(=O)CC(c2cccc(C)c2C)C2CCC2)C2CCC2)c1C. The van der Waals surface area contributed by atoms with E-state index in [1.165, 1.54) is 71.9 Å². The van der Waals surface area contributed by atoms with Crippen LogP contribution in [0.5, 0.6) is 0 Å². The Balaban J connectivity index is 1.55. The Labute approximate surface area is 183 Å². The number of carbonyl (C=O) groups is 1. The molecule has 0 heterocycles. The van der Waals surface area contributed by atoms with E-state index in [-0.39, 0.29) is 0 Å². The first-order valence-corrected chi connectivity index (χ1v) is 12.1. The highest BCUT2D eigenvalue weighted by molar-refractivity contribution is 5.80. The van der Waals surface area contributed by atoms with Crippen molar-refractivity contribution in [3.63, 3.8) is 0 Å². The van der Waals surface area contributed by atoms with Crippen molar-refractivity contribution in [1.29, 1.82) is 0 Å². The lowest BCUT2D eigenvalue weighted by Gasteiger charge is -2.37. The minimum absolute atomic E-state index is 0.409. The van der Waals surface area contributed by atoms with E-state index in [0.717, 1.165) is 12.8 Å². The number of rotatable bonds is 8. The number of Topliss-reactive ketones (excluding diaryl/α,β-unsaturated/α-hetero) is 1. The van der Waals surface area contributed by atoms with E-state index in [2.05, 4.69) is 64.1 Å². The van der Waals surface area contributed by atoms with Gasteiger partial charge in [-0.3, -0.25) is 4.79 Å². The first-order chi connectivity index (χ1) is 14.5. The average molecular weight is 403 g/mol. The van der Waals surface area contributed by atoms with Gasteiger partial charge in [0.1, 0.15) is 5.78 Å². The van der Waals surface area contributed by atoms with Crippen molar-refractivity contribution in [1.82, 2.24) is 0 Å². The fourth-order valence-corrected chi connectivity index (χ4v) is 5.67. The van der Waals surface area contributed by atoms with Gasteiger partial charge in [-0.2, -0.15) is 0 Å². The molecule has 1 heteroatoms. The van der Waals surface area contributed by atoms with Crippen molar-refractivity contribution in [3.05, 3.63) is 69.8 Å². The summed E-state index contributed by atoms with van der Waals surface area (Å²) in [7, 11) is 0. The van der Waals surface area contributed by atoms with E-state index in [0.29, 0.717) is 29.5 Å². The summed E-state index contributed by atoms with van der Waals surface area (Å²) in [4.78, 5) is 13.5. The van der Waals surface area contributed by atoms with Crippen molar-refractivity contribution in [2.24, 2.45) is 11.8 Å². The third-order valence-corrected chi connectivity index (χ3v) is 8.42. The van der Waals surface area contributed by atoms with Gasteiger partial charge >= 0.3 is 0 Å². The molecular weight excluding hydrogens is 364 g/mol. The van der Waals surface area contributed by atoms with Crippen molar-refractivity contribution in [3.8, 4) is 0 Å². The molecule has 2 aromatic rings. The van der Waals surface area contributed by atoms with Crippen molar-refractivity contribution in [2.75, 3.05) is 0 Å². The first kappa shape index (κ1) is 21.3. The number of aryl methyl sites for hydroxylation is 2. The summed E-state index contributed by atoms with van der Waals surface area (Å²) in [5.41, 5.74) is 8.36. The highest BCUT2D eigenvalue weighted by atomic mass is 16.1. The van der Waals surface area contributed by atoms with Crippen LogP contribution in [0.1, 0.15) is 96.6 Å². The lowest BCUT2D eigenvalue weighted by atomic mass is 9.67. The smallest absolute Gasteiger partial charge is 0.134 e. The van der Waals surface area contributed by atoms with Crippen LogP contribution in [0.2, 0.25) is 0 Å². The summed E-state index contributed by atoms with van der Waals surface area (Å²) in [6.07, 6.45) is 9.25. The zero-order valence-corrected chi connectivity index (χ0v) is 19.3. The molecule has 0 aliphatic heterocycles. The van der Waals surface area contributed by atoms with E-state index in [9.17, 15) is 4.79 Å². The van der Waals surface area contributed by atoms with Gasteiger partial charge in [-0.1, -0.05) is 49.2 Å². The largest absolute Gasteiger partial charge is 0.300 e. The van der Waals surface area contributed by atoms with Crippen molar-refractivity contribution < 1.29 is 4.79 Å². The predicted molar refractivity (Wildman–Crippen MR) is 126 cm³/mol. The second kappa shape index (κ2) is 9.08. The van der Waals surface area contributed by atoms with E-state index < -0.39 is 0 Å². The maximum absolute atomic E-state index is 13.5. The molecule has 160 valence electrons. The van der Waals surface area contributed by atoms with Gasteiger partial charge in [0.05, 0.1) is 0 Å². The van der Waals surface area contributed by atoms with Crippen LogP contribution in [0.4, 0.5) is 0 Å². The second-order valence-corrected chi connectivity index (χ2v) is 10.1. The Kier molecular flexibility index (Phi) is 6.46.